The van der Waals surface area contributed by atoms with Crippen molar-refractivity contribution in [3.05, 3.63) is 46.6 Å². The Morgan fingerprint density at radius 2 is 1.02 bits per heavy atom. The third kappa shape index (κ3) is 9.12. The van der Waals surface area contributed by atoms with E-state index in [1.54, 1.807) is 0 Å². The van der Waals surface area contributed by atoms with Gasteiger partial charge < -0.3 is 119 Å². The molecular formula is C39H50O25. The summed E-state index contributed by atoms with van der Waals surface area (Å²) in [5.74, 6) is -2.54. The SMILES string of the molecule is C[C@@H]1O[C@@H](Oc2c(-c3ccc(O)cc3)oc3cc(O[C@@H]4O[C@H](CO)[C@@H](O)[C@H](O)[C@H]4O[C@@H]4O[C@H](CO)[C@@H](O)[C@H](O)[C@H]4O)cc(O)c3c2=O)[C@H](O[C@@H]2O[C@H](CO)[C@@H](O)[C@H](O)[C@H]2O)[C@H](O)[C@H]1O. The van der Waals surface area contributed by atoms with Gasteiger partial charge in [-0.15, -0.1) is 0 Å². The van der Waals surface area contributed by atoms with Crippen LogP contribution in [0.1, 0.15) is 6.92 Å². The number of aliphatic hydroxyl groups is 13. The van der Waals surface area contributed by atoms with Crippen molar-refractivity contribution in [2.75, 3.05) is 19.8 Å². The molecule has 4 aliphatic rings. The Balaban J connectivity index is 1.25. The Kier molecular flexibility index (Phi) is 14.6. The molecule has 25 heteroatoms. The highest BCUT2D eigenvalue weighted by molar-refractivity contribution is 5.88. The van der Waals surface area contributed by atoms with E-state index in [2.05, 4.69) is 0 Å². The van der Waals surface area contributed by atoms with Crippen LogP contribution < -0.4 is 14.9 Å². The van der Waals surface area contributed by atoms with E-state index in [1.165, 1.54) is 31.2 Å². The van der Waals surface area contributed by atoms with Gasteiger partial charge in [-0.3, -0.25) is 4.79 Å². The molecule has 20 atom stereocenters. The number of hydrogen-bond donors (Lipinski definition) is 15. The summed E-state index contributed by atoms with van der Waals surface area (Å²) in [4.78, 5) is 14.5. The Morgan fingerprint density at radius 1 is 0.547 bits per heavy atom. The van der Waals surface area contributed by atoms with Crippen LogP contribution in [-0.2, 0) is 28.4 Å². The maximum absolute atomic E-state index is 14.5. The van der Waals surface area contributed by atoms with Crippen LogP contribution in [0.25, 0.3) is 22.3 Å². The maximum atomic E-state index is 14.5. The average Bonchev–Trinajstić information content (AvgIpc) is 3.27. The van der Waals surface area contributed by atoms with Crippen molar-refractivity contribution in [2.45, 2.75) is 130 Å². The normalized spacial score (nSPS) is 40.6. The second-order valence-electron chi connectivity index (χ2n) is 15.7. The molecule has 0 amide bonds. The molecule has 1 aromatic heterocycles. The van der Waals surface area contributed by atoms with Gasteiger partial charge in [-0.1, -0.05) is 0 Å². The lowest BCUT2D eigenvalue weighted by Gasteiger charge is -2.45. The van der Waals surface area contributed by atoms with Crippen molar-refractivity contribution in [2.24, 2.45) is 0 Å². The average molecular weight is 919 g/mol. The molecule has 7 rings (SSSR count). The lowest BCUT2D eigenvalue weighted by atomic mass is 9.97. The quantitative estimate of drug-likeness (QED) is 0.0804. The first-order valence-electron chi connectivity index (χ1n) is 19.9. The summed E-state index contributed by atoms with van der Waals surface area (Å²) in [5, 5.41) is 156. The van der Waals surface area contributed by atoms with Crippen molar-refractivity contribution in [1.82, 2.24) is 0 Å². The number of phenols is 2. The van der Waals surface area contributed by atoms with Crippen molar-refractivity contribution in [3.8, 4) is 34.3 Å². The first kappa shape index (κ1) is 48.0. The van der Waals surface area contributed by atoms with E-state index in [0.717, 1.165) is 12.1 Å². The molecule has 356 valence electrons. The Labute approximate surface area is 360 Å². The smallest absolute Gasteiger partial charge is 0.239 e. The van der Waals surface area contributed by atoms with E-state index in [-0.39, 0.29) is 17.1 Å². The second kappa shape index (κ2) is 19.5. The molecule has 0 radical (unpaired) electrons. The number of hydrogen-bond acceptors (Lipinski definition) is 25. The first-order valence-corrected chi connectivity index (χ1v) is 19.9. The Hall–Kier alpha value is -3.91. The molecule has 25 nitrogen and oxygen atoms in total. The standard InChI is InChI=1S/C39H50O25/c1-11-21(45)28(52)34(63-36-30(54)26(50)22(46)17(8-40)59-36)38(56-11)62-33-25(49)20-15(44)6-14(7-16(20)58-32(33)12-2-4-13(43)5-3-12)57-39-35(29(53)24(48)19(10-42)61-39)64-37-31(55)27(51)23(47)18(9-41)60-37/h2-7,11,17-19,21-24,26-31,34-48,50-55H,8-10H2,1H3/t11-,17+,18+,19+,21-,22+,23+,24+,26-,27-,28+,29-,30+,31+,34+,35+,36-,37-,38-,39+/m0/s1. The highest BCUT2D eigenvalue weighted by Crippen LogP contribution is 2.40. The zero-order valence-electron chi connectivity index (χ0n) is 33.4. The monoisotopic (exact) mass is 918 g/mol. The maximum Gasteiger partial charge on any atom is 0.239 e. The summed E-state index contributed by atoms with van der Waals surface area (Å²) >= 11 is 0. The van der Waals surface area contributed by atoms with Gasteiger partial charge in [0.1, 0.15) is 108 Å². The molecule has 0 bridgehead atoms. The summed E-state index contributed by atoms with van der Waals surface area (Å²) in [5.41, 5.74) is -1.46. The number of benzene rings is 2. The van der Waals surface area contributed by atoms with E-state index in [1.807, 2.05) is 0 Å². The van der Waals surface area contributed by atoms with E-state index < -0.39 is 176 Å². The minimum Gasteiger partial charge on any atom is -0.508 e. The Bertz CT molecular complexity index is 2100. The summed E-state index contributed by atoms with van der Waals surface area (Å²) in [6.45, 7) is -1.20. The van der Waals surface area contributed by atoms with Crippen molar-refractivity contribution >= 4 is 11.0 Å². The topological polar surface area (TPSA) is 408 Å². The fraction of sp³-hybridized carbons (Fsp3) is 0.615. The predicted molar refractivity (Wildman–Crippen MR) is 204 cm³/mol. The van der Waals surface area contributed by atoms with Crippen LogP contribution in [0.15, 0.2) is 45.6 Å². The summed E-state index contributed by atoms with van der Waals surface area (Å²) in [6.07, 6.45) is -35.5. The van der Waals surface area contributed by atoms with Crippen LogP contribution in [0.2, 0.25) is 0 Å². The zero-order chi connectivity index (χ0) is 46.5. The van der Waals surface area contributed by atoms with Crippen molar-refractivity contribution in [1.29, 1.82) is 0 Å². The van der Waals surface area contributed by atoms with Crippen LogP contribution >= 0.6 is 0 Å². The summed E-state index contributed by atoms with van der Waals surface area (Å²) < 4.78 is 51.8. The molecule has 0 aliphatic carbocycles. The first-order chi connectivity index (χ1) is 30.4. The molecule has 0 unspecified atom stereocenters. The molecule has 5 heterocycles. The molecule has 2 aromatic carbocycles. The van der Waals surface area contributed by atoms with Gasteiger partial charge in [-0.25, -0.2) is 0 Å². The van der Waals surface area contributed by atoms with Gasteiger partial charge >= 0.3 is 0 Å². The molecular weight excluding hydrogens is 868 g/mol. The molecule has 64 heavy (non-hydrogen) atoms. The van der Waals surface area contributed by atoms with Gasteiger partial charge in [-0.2, -0.15) is 0 Å². The van der Waals surface area contributed by atoms with Crippen LogP contribution in [0.3, 0.4) is 0 Å². The molecule has 15 N–H and O–H groups in total. The minimum absolute atomic E-state index is 0.0555. The van der Waals surface area contributed by atoms with Gasteiger partial charge in [0.2, 0.25) is 23.8 Å². The highest BCUT2D eigenvalue weighted by Gasteiger charge is 2.53. The van der Waals surface area contributed by atoms with Crippen molar-refractivity contribution in [3.63, 3.8) is 0 Å². The third-order valence-corrected chi connectivity index (χ3v) is 11.4. The number of aromatic hydroxyl groups is 2. The van der Waals surface area contributed by atoms with Crippen LogP contribution in [0.5, 0.6) is 23.0 Å². The van der Waals surface area contributed by atoms with Gasteiger partial charge in [0.15, 0.2) is 30.5 Å². The minimum atomic E-state index is -1.98. The van der Waals surface area contributed by atoms with Gasteiger partial charge in [0.05, 0.1) is 25.9 Å². The van der Waals surface area contributed by atoms with E-state index in [9.17, 15) is 81.4 Å². The largest absolute Gasteiger partial charge is 0.508 e. The molecule has 4 fully saturated rings. The van der Waals surface area contributed by atoms with Crippen LogP contribution in [0.4, 0.5) is 0 Å². The van der Waals surface area contributed by atoms with Gasteiger partial charge in [-0.05, 0) is 31.2 Å². The van der Waals surface area contributed by atoms with E-state index in [0.29, 0.717) is 0 Å². The molecule has 0 saturated carbocycles. The van der Waals surface area contributed by atoms with E-state index >= 15 is 0 Å². The lowest BCUT2D eigenvalue weighted by molar-refractivity contribution is -0.357. The van der Waals surface area contributed by atoms with E-state index in [4.69, 9.17) is 42.3 Å². The number of ether oxygens (including phenoxy) is 8. The Morgan fingerprint density at radius 3 is 1.53 bits per heavy atom. The number of fused-ring (bicyclic) bond motifs is 1. The second-order valence-corrected chi connectivity index (χ2v) is 15.7. The summed E-state index contributed by atoms with van der Waals surface area (Å²) in [7, 11) is 0. The molecule has 4 aliphatic heterocycles. The van der Waals surface area contributed by atoms with Crippen LogP contribution in [0, 0.1) is 0 Å². The zero-order valence-corrected chi connectivity index (χ0v) is 33.4. The van der Waals surface area contributed by atoms with Gasteiger partial charge in [0.25, 0.3) is 0 Å². The highest BCUT2D eigenvalue weighted by atomic mass is 16.8. The lowest BCUT2D eigenvalue weighted by Crippen LogP contribution is -2.65. The third-order valence-electron chi connectivity index (χ3n) is 11.4. The number of rotatable bonds is 12. The van der Waals surface area contributed by atoms with Crippen molar-refractivity contribution < 1.29 is 119 Å². The molecule has 0 spiro atoms. The number of phenolic OH excluding ortho intramolecular Hbond substituents is 2. The fourth-order valence-corrected chi connectivity index (χ4v) is 7.69. The fourth-order valence-electron chi connectivity index (χ4n) is 7.69. The molecule has 3 aromatic rings. The summed E-state index contributed by atoms with van der Waals surface area (Å²) in [6, 6.07) is 6.99. The predicted octanol–water partition coefficient (Wildman–Crippen LogP) is -6.10. The van der Waals surface area contributed by atoms with Gasteiger partial charge in [0, 0.05) is 17.7 Å². The van der Waals surface area contributed by atoms with Crippen LogP contribution in [-0.4, -0.2) is 219 Å². The number of aliphatic hydroxyl groups excluding tert-OH is 13. The molecule has 4 saturated heterocycles.